The van der Waals surface area contributed by atoms with Crippen LogP contribution in [0.3, 0.4) is 0 Å². The molecule has 0 saturated carbocycles. The van der Waals surface area contributed by atoms with E-state index in [9.17, 15) is 5.53 Å². The van der Waals surface area contributed by atoms with Crippen molar-refractivity contribution in [1.29, 1.82) is 0 Å². The van der Waals surface area contributed by atoms with Crippen molar-refractivity contribution < 1.29 is 4.70 Å². The molecule has 1 aliphatic rings. The maximum absolute atomic E-state index is 12.7. The highest BCUT2D eigenvalue weighted by Crippen LogP contribution is 2.44. The molecule has 0 atom stereocenters. The number of benzene rings is 2. The lowest BCUT2D eigenvalue weighted by Crippen LogP contribution is -2.09. The molecule has 2 aromatic rings. The maximum atomic E-state index is 12.7. The normalized spacial score (nSPS) is 13.2. The zero-order valence-corrected chi connectivity index (χ0v) is 38.4. The van der Waals surface area contributed by atoms with Crippen LogP contribution in [0.5, 0.6) is 0 Å². The molecule has 2 heteroatoms. The first kappa shape index (κ1) is 47.9. The molecule has 1 aliphatic heterocycles. The summed E-state index contributed by atoms with van der Waals surface area (Å²) in [6.45, 7) is 18.6. The third kappa shape index (κ3) is 14.7. The van der Waals surface area contributed by atoms with E-state index in [-0.39, 0.29) is 0 Å². The van der Waals surface area contributed by atoms with E-state index in [2.05, 4.69) is 79.7 Å². The molecule has 2 aromatic carbocycles. The average Bonchev–Trinajstić information content (AvgIpc) is 3.45. The zero-order chi connectivity index (χ0) is 40.5. The second-order valence-corrected chi connectivity index (χ2v) is 17.6. The van der Waals surface area contributed by atoms with Crippen LogP contribution in [0.15, 0.2) is 35.4 Å². The molecular weight excluding hydrogens is 677 g/mol. The minimum Gasteiger partial charge on any atom is -0.493 e. The number of aryl methyl sites for hydroxylation is 4. The van der Waals surface area contributed by atoms with Crippen LogP contribution in [0, 0.1) is 0 Å². The number of rotatable bonds is 32. The Balaban J connectivity index is 2.22. The molecule has 3 rings (SSSR count). The summed E-state index contributed by atoms with van der Waals surface area (Å²) < 4.78 is 1.68. The first-order valence-corrected chi connectivity index (χ1v) is 24.6. The Hall–Kier alpha value is -2.48. The van der Waals surface area contributed by atoms with Crippen LogP contribution < -0.4 is 0 Å². The Morgan fingerprint density at radius 3 is 1.04 bits per heavy atom. The SMILES string of the molecule is CCCCCCc1cc(C2=C(CCCC)C(C)=C(c3cc(CCCCC)c(CCCCC)c(CCCCC)c3)[N+]2=[N-])cc(CCCCCC)c1CCCCCC. The van der Waals surface area contributed by atoms with Gasteiger partial charge in [0.1, 0.15) is 0 Å². The van der Waals surface area contributed by atoms with Gasteiger partial charge in [0, 0.05) is 22.3 Å². The standard InChI is InChI=1S/C54H88N2/c1-9-16-23-29-34-46-41-49(42-47(35-30-24-17-10-2)52(46)38-31-25-18-11-3)54-50(36-22-15-7)43(8)53(56(54)55)48-39-44(32-26-19-12-4)51(37-28-21-14-6)45(40-48)33-27-20-13-5/h39-42H,9-38H2,1-8H3. The largest absolute Gasteiger partial charge is 0.493 e. The number of nitrogens with zero attached hydrogens (tertiary/aromatic N) is 2. The summed E-state index contributed by atoms with van der Waals surface area (Å²) in [6.07, 6.45) is 37.2. The van der Waals surface area contributed by atoms with Crippen molar-refractivity contribution in [3.63, 3.8) is 0 Å². The molecule has 56 heavy (non-hydrogen) atoms. The van der Waals surface area contributed by atoms with E-state index in [0.717, 1.165) is 56.3 Å². The molecule has 1 heterocycles. The highest BCUT2D eigenvalue weighted by atomic mass is 15.2. The minimum atomic E-state index is 1.01. The molecule has 0 aliphatic carbocycles. The smallest absolute Gasteiger partial charge is 0.211 e. The molecule has 0 amide bonds. The van der Waals surface area contributed by atoms with Crippen LogP contribution in [0.25, 0.3) is 16.9 Å². The van der Waals surface area contributed by atoms with Crippen LogP contribution in [-0.2, 0) is 38.5 Å². The fourth-order valence-corrected chi connectivity index (χ4v) is 9.31. The summed E-state index contributed by atoms with van der Waals surface area (Å²) in [4.78, 5) is 0. The first-order valence-electron chi connectivity index (χ1n) is 24.6. The van der Waals surface area contributed by atoms with Gasteiger partial charge in [0.2, 0.25) is 11.4 Å². The third-order valence-corrected chi connectivity index (χ3v) is 12.7. The van der Waals surface area contributed by atoms with E-state index in [1.54, 1.807) is 38.1 Å². The zero-order valence-electron chi connectivity index (χ0n) is 38.4. The molecule has 0 fully saturated rings. The van der Waals surface area contributed by atoms with Gasteiger partial charge in [-0.15, -0.1) is 0 Å². The van der Waals surface area contributed by atoms with Crippen molar-refractivity contribution in [2.45, 2.75) is 248 Å². The molecular formula is C54H88N2. The Morgan fingerprint density at radius 1 is 0.357 bits per heavy atom. The van der Waals surface area contributed by atoms with Crippen LogP contribution >= 0.6 is 0 Å². The summed E-state index contributed by atoms with van der Waals surface area (Å²) in [5.41, 5.74) is 29.5. The molecule has 314 valence electrons. The van der Waals surface area contributed by atoms with Crippen LogP contribution in [-0.4, -0.2) is 4.70 Å². The maximum Gasteiger partial charge on any atom is 0.211 e. The quantitative estimate of drug-likeness (QED) is 0.0524. The fourth-order valence-electron chi connectivity index (χ4n) is 9.31. The van der Waals surface area contributed by atoms with Crippen molar-refractivity contribution in [2.24, 2.45) is 0 Å². The fraction of sp³-hybridized carbons (Fsp3) is 0.704. The van der Waals surface area contributed by atoms with E-state index in [0.29, 0.717) is 0 Å². The summed E-state index contributed by atoms with van der Waals surface area (Å²) >= 11 is 0. The number of hydrogen-bond donors (Lipinski definition) is 0. The van der Waals surface area contributed by atoms with Gasteiger partial charge in [0.05, 0.1) is 0 Å². The second-order valence-electron chi connectivity index (χ2n) is 17.6. The monoisotopic (exact) mass is 765 g/mol. The third-order valence-electron chi connectivity index (χ3n) is 12.7. The molecule has 0 spiro atoms. The highest BCUT2D eigenvalue weighted by Gasteiger charge is 2.34. The molecule has 0 N–H and O–H groups in total. The van der Waals surface area contributed by atoms with E-state index >= 15 is 0 Å². The van der Waals surface area contributed by atoms with E-state index in [1.165, 1.54) is 170 Å². The van der Waals surface area contributed by atoms with Gasteiger partial charge in [0.15, 0.2) is 0 Å². The summed E-state index contributed by atoms with van der Waals surface area (Å²) in [5.74, 6) is 0. The lowest BCUT2D eigenvalue weighted by molar-refractivity contribution is -0.345. The molecule has 0 radical (unpaired) electrons. The van der Waals surface area contributed by atoms with Crippen LogP contribution in [0.2, 0.25) is 0 Å². The van der Waals surface area contributed by atoms with Gasteiger partial charge in [-0.25, -0.2) is 4.70 Å². The predicted octanol–water partition coefficient (Wildman–Crippen LogP) is 17.6. The molecule has 2 nitrogen and oxygen atoms in total. The Labute approximate surface area is 348 Å². The molecule has 0 bridgehead atoms. The van der Waals surface area contributed by atoms with Crippen molar-refractivity contribution in [3.8, 4) is 0 Å². The van der Waals surface area contributed by atoms with Gasteiger partial charge in [-0.3, -0.25) is 0 Å². The van der Waals surface area contributed by atoms with Crippen molar-refractivity contribution in [3.05, 3.63) is 85.5 Å². The van der Waals surface area contributed by atoms with Crippen molar-refractivity contribution in [2.75, 3.05) is 0 Å². The average molecular weight is 765 g/mol. The number of allylic oxidation sites excluding steroid dienone is 2. The first-order chi connectivity index (χ1) is 27.4. The van der Waals surface area contributed by atoms with Gasteiger partial charge >= 0.3 is 0 Å². The van der Waals surface area contributed by atoms with Crippen molar-refractivity contribution in [1.82, 2.24) is 0 Å². The van der Waals surface area contributed by atoms with E-state index in [1.807, 2.05) is 0 Å². The highest BCUT2D eigenvalue weighted by molar-refractivity contribution is 5.82. The molecule has 0 unspecified atom stereocenters. The minimum absolute atomic E-state index is 1.01. The Kier molecular flexibility index (Phi) is 24.0. The van der Waals surface area contributed by atoms with Gasteiger partial charge in [-0.1, -0.05) is 151 Å². The van der Waals surface area contributed by atoms with Crippen molar-refractivity contribution >= 4 is 11.4 Å². The number of unbranched alkanes of at least 4 members (excludes halogenated alkanes) is 16. The lowest BCUT2D eigenvalue weighted by Gasteiger charge is -2.20. The second kappa shape index (κ2) is 28.0. The lowest BCUT2D eigenvalue weighted by atomic mass is 9.86. The Bertz CT molecular complexity index is 1440. The van der Waals surface area contributed by atoms with Gasteiger partial charge in [-0.2, -0.15) is 0 Å². The van der Waals surface area contributed by atoms with E-state index in [4.69, 9.17) is 0 Å². The van der Waals surface area contributed by atoms with Gasteiger partial charge < -0.3 is 5.53 Å². The summed E-state index contributed by atoms with van der Waals surface area (Å²) in [5, 5.41) is 0. The topological polar surface area (TPSA) is 25.3 Å². The predicted molar refractivity (Wildman–Crippen MR) is 249 cm³/mol. The van der Waals surface area contributed by atoms with E-state index < -0.39 is 0 Å². The Morgan fingerprint density at radius 2 is 0.661 bits per heavy atom. The molecule has 0 saturated heterocycles. The summed E-state index contributed by atoms with van der Waals surface area (Å²) in [7, 11) is 0. The van der Waals surface area contributed by atoms with Crippen LogP contribution in [0.1, 0.15) is 254 Å². The summed E-state index contributed by atoms with van der Waals surface area (Å²) in [6, 6.07) is 10.1. The van der Waals surface area contributed by atoms with Gasteiger partial charge in [-0.05, 0) is 154 Å². The van der Waals surface area contributed by atoms with Crippen LogP contribution in [0.4, 0.5) is 0 Å². The molecule has 0 aromatic heterocycles. The number of hydrogen-bond acceptors (Lipinski definition) is 0. The van der Waals surface area contributed by atoms with Gasteiger partial charge in [0.25, 0.3) is 0 Å².